The number of allylic oxidation sites excluding steroid dienone is 1. The van der Waals surface area contributed by atoms with E-state index in [9.17, 15) is 0 Å². The minimum Gasteiger partial charge on any atom is -0.0814 e. The van der Waals surface area contributed by atoms with Crippen molar-refractivity contribution in [3.05, 3.63) is 40.5 Å². The first-order valence-corrected chi connectivity index (χ1v) is 5.26. The summed E-state index contributed by atoms with van der Waals surface area (Å²) in [6, 6.07) is 4.50. The predicted molar refractivity (Wildman–Crippen MR) is 64.5 cm³/mol. The molecule has 0 unspecified atom stereocenters. The monoisotopic (exact) mass is 188 g/mol. The van der Waals surface area contributed by atoms with E-state index in [1.54, 1.807) is 0 Å². The molecule has 1 rings (SSSR count). The highest BCUT2D eigenvalue weighted by molar-refractivity contribution is 5.53. The molecule has 0 spiro atoms. The van der Waals surface area contributed by atoms with Gasteiger partial charge in [0.1, 0.15) is 0 Å². The molecule has 0 fully saturated rings. The maximum absolute atomic E-state index is 2.25. The SMILES string of the molecule is Cc1cc(/C=C/C(C)C)cc(C)c1C. The molecule has 0 heterocycles. The topological polar surface area (TPSA) is 0 Å². The van der Waals surface area contributed by atoms with E-state index in [-0.39, 0.29) is 0 Å². The average molecular weight is 188 g/mol. The summed E-state index contributed by atoms with van der Waals surface area (Å²) in [5.41, 5.74) is 5.49. The van der Waals surface area contributed by atoms with Crippen molar-refractivity contribution in [1.82, 2.24) is 0 Å². The molecule has 0 aromatic heterocycles. The number of aryl methyl sites for hydroxylation is 2. The molecule has 0 atom stereocenters. The third kappa shape index (κ3) is 2.73. The van der Waals surface area contributed by atoms with Crippen LogP contribution in [0, 0.1) is 26.7 Å². The van der Waals surface area contributed by atoms with Crippen molar-refractivity contribution in [3.63, 3.8) is 0 Å². The standard InChI is InChI=1S/C14H20/c1-10(2)6-7-14-8-11(3)13(5)12(4)9-14/h6-10H,1-5H3/b7-6+. The first-order valence-electron chi connectivity index (χ1n) is 5.26. The zero-order valence-corrected chi connectivity index (χ0v) is 9.89. The molecule has 0 amide bonds. The van der Waals surface area contributed by atoms with Crippen molar-refractivity contribution >= 4 is 6.08 Å². The van der Waals surface area contributed by atoms with Gasteiger partial charge in [0, 0.05) is 0 Å². The lowest BCUT2D eigenvalue weighted by molar-refractivity contribution is 0.836. The summed E-state index contributed by atoms with van der Waals surface area (Å²) in [7, 11) is 0. The van der Waals surface area contributed by atoms with Crippen LogP contribution >= 0.6 is 0 Å². The Kier molecular flexibility index (Phi) is 3.51. The zero-order valence-electron chi connectivity index (χ0n) is 9.89. The van der Waals surface area contributed by atoms with E-state index >= 15 is 0 Å². The number of hydrogen-bond donors (Lipinski definition) is 0. The molecule has 1 aromatic carbocycles. The maximum atomic E-state index is 2.25. The summed E-state index contributed by atoms with van der Waals surface area (Å²) < 4.78 is 0. The van der Waals surface area contributed by atoms with Gasteiger partial charge in [0.25, 0.3) is 0 Å². The van der Waals surface area contributed by atoms with Gasteiger partial charge in [-0.2, -0.15) is 0 Å². The van der Waals surface area contributed by atoms with Crippen LogP contribution in [-0.4, -0.2) is 0 Å². The summed E-state index contributed by atoms with van der Waals surface area (Å²) >= 11 is 0. The van der Waals surface area contributed by atoms with E-state index in [1.807, 2.05) is 0 Å². The fourth-order valence-corrected chi connectivity index (χ4v) is 1.47. The highest BCUT2D eigenvalue weighted by Crippen LogP contribution is 2.16. The largest absolute Gasteiger partial charge is 0.0814 e. The second-order valence-corrected chi connectivity index (χ2v) is 4.38. The molecule has 0 saturated heterocycles. The number of hydrogen-bond acceptors (Lipinski definition) is 0. The summed E-state index contributed by atoms with van der Waals surface area (Å²) in [6.45, 7) is 10.9. The van der Waals surface area contributed by atoms with Crippen molar-refractivity contribution < 1.29 is 0 Å². The van der Waals surface area contributed by atoms with E-state index < -0.39 is 0 Å². The van der Waals surface area contributed by atoms with Crippen LogP contribution in [0.25, 0.3) is 6.08 Å². The lowest BCUT2D eigenvalue weighted by Gasteiger charge is -2.06. The third-order valence-electron chi connectivity index (χ3n) is 2.62. The molecular formula is C14H20. The molecule has 0 bridgehead atoms. The Hall–Kier alpha value is -1.04. The van der Waals surface area contributed by atoms with Crippen LogP contribution in [0.15, 0.2) is 18.2 Å². The fourth-order valence-electron chi connectivity index (χ4n) is 1.47. The quantitative estimate of drug-likeness (QED) is 0.649. The van der Waals surface area contributed by atoms with Crippen LogP contribution in [0.2, 0.25) is 0 Å². The second-order valence-electron chi connectivity index (χ2n) is 4.38. The molecule has 0 saturated carbocycles. The van der Waals surface area contributed by atoms with Crippen LogP contribution in [0.1, 0.15) is 36.1 Å². The molecule has 0 heteroatoms. The van der Waals surface area contributed by atoms with Gasteiger partial charge in [-0.1, -0.05) is 38.1 Å². The summed E-state index contributed by atoms with van der Waals surface area (Å²) in [5, 5.41) is 0. The van der Waals surface area contributed by atoms with Gasteiger partial charge in [-0.3, -0.25) is 0 Å². The summed E-state index contributed by atoms with van der Waals surface area (Å²) in [4.78, 5) is 0. The van der Waals surface area contributed by atoms with Crippen molar-refractivity contribution in [2.75, 3.05) is 0 Å². The van der Waals surface area contributed by atoms with E-state index in [0.29, 0.717) is 5.92 Å². The van der Waals surface area contributed by atoms with Crippen molar-refractivity contribution in [3.8, 4) is 0 Å². The second kappa shape index (κ2) is 4.45. The van der Waals surface area contributed by atoms with Gasteiger partial charge in [-0.05, 0) is 48.9 Å². The van der Waals surface area contributed by atoms with Crippen LogP contribution in [0.3, 0.4) is 0 Å². The van der Waals surface area contributed by atoms with Gasteiger partial charge in [-0.25, -0.2) is 0 Å². The molecular weight excluding hydrogens is 168 g/mol. The Morgan fingerprint density at radius 3 is 1.93 bits per heavy atom. The maximum Gasteiger partial charge on any atom is -0.0254 e. The molecule has 76 valence electrons. The highest BCUT2D eigenvalue weighted by atomic mass is 14.0. The molecule has 0 aliphatic rings. The Morgan fingerprint density at radius 1 is 1.00 bits per heavy atom. The van der Waals surface area contributed by atoms with Gasteiger partial charge >= 0.3 is 0 Å². The summed E-state index contributed by atoms with van der Waals surface area (Å²) in [6.07, 6.45) is 4.45. The molecule has 1 aromatic rings. The lowest BCUT2D eigenvalue weighted by atomic mass is 10.00. The van der Waals surface area contributed by atoms with Crippen LogP contribution in [0.5, 0.6) is 0 Å². The van der Waals surface area contributed by atoms with Crippen molar-refractivity contribution in [2.24, 2.45) is 5.92 Å². The normalized spacial score (nSPS) is 11.6. The van der Waals surface area contributed by atoms with Crippen molar-refractivity contribution in [1.29, 1.82) is 0 Å². The Labute approximate surface area is 87.7 Å². The smallest absolute Gasteiger partial charge is 0.0254 e. The molecule has 0 N–H and O–H groups in total. The van der Waals surface area contributed by atoms with Gasteiger partial charge < -0.3 is 0 Å². The number of rotatable bonds is 2. The van der Waals surface area contributed by atoms with Gasteiger partial charge in [0.05, 0.1) is 0 Å². The van der Waals surface area contributed by atoms with Crippen LogP contribution in [0.4, 0.5) is 0 Å². The predicted octanol–water partition coefficient (Wildman–Crippen LogP) is 4.28. The van der Waals surface area contributed by atoms with E-state index in [1.165, 1.54) is 22.3 Å². The first kappa shape index (κ1) is 11.0. The van der Waals surface area contributed by atoms with Crippen molar-refractivity contribution in [2.45, 2.75) is 34.6 Å². The van der Waals surface area contributed by atoms with E-state index in [4.69, 9.17) is 0 Å². The minimum atomic E-state index is 0.622. The summed E-state index contributed by atoms with van der Waals surface area (Å²) in [5.74, 6) is 0.622. The van der Waals surface area contributed by atoms with Crippen LogP contribution < -0.4 is 0 Å². The van der Waals surface area contributed by atoms with E-state index in [0.717, 1.165) is 0 Å². The molecule has 0 radical (unpaired) electrons. The zero-order chi connectivity index (χ0) is 10.7. The lowest BCUT2D eigenvalue weighted by Crippen LogP contribution is -1.88. The van der Waals surface area contributed by atoms with Gasteiger partial charge in [0.2, 0.25) is 0 Å². The third-order valence-corrected chi connectivity index (χ3v) is 2.62. The molecule has 14 heavy (non-hydrogen) atoms. The van der Waals surface area contributed by atoms with Crippen LogP contribution in [-0.2, 0) is 0 Å². The van der Waals surface area contributed by atoms with Gasteiger partial charge in [0.15, 0.2) is 0 Å². The molecule has 0 aliphatic heterocycles. The van der Waals surface area contributed by atoms with E-state index in [2.05, 4.69) is 58.9 Å². The minimum absolute atomic E-state index is 0.622. The molecule has 0 aliphatic carbocycles. The fraction of sp³-hybridized carbons (Fsp3) is 0.429. The first-order chi connectivity index (χ1) is 6.50. The Bertz CT molecular complexity index is 320. The number of benzene rings is 1. The van der Waals surface area contributed by atoms with Gasteiger partial charge in [-0.15, -0.1) is 0 Å². The Morgan fingerprint density at radius 2 is 1.50 bits per heavy atom. The average Bonchev–Trinajstić information content (AvgIpc) is 2.10. The Balaban J connectivity index is 3.01. The highest BCUT2D eigenvalue weighted by Gasteiger charge is 1.98. The molecule has 0 nitrogen and oxygen atoms in total.